The molecule has 3 rings (SSSR count). The van der Waals surface area contributed by atoms with Crippen LogP contribution in [-0.4, -0.2) is 47.2 Å². The van der Waals surface area contributed by atoms with Gasteiger partial charge in [-0.05, 0) is 20.3 Å². The Balaban J connectivity index is 1.78. The first kappa shape index (κ1) is 19.7. The average Bonchev–Trinajstić information content (AvgIpc) is 3.10. The van der Waals surface area contributed by atoms with Crippen LogP contribution in [0.25, 0.3) is 11.2 Å². The Labute approximate surface area is 163 Å². The third-order valence-electron chi connectivity index (χ3n) is 3.48. The van der Waals surface area contributed by atoms with Crippen molar-refractivity contribution >= 4 is 40.7 Å². The highest BCUT2D eigenvalue weighted by Crippen LogP contribution is 2.29. The minimum atomic E-state index is -0.703. The largest absolute Gasteiger partial charge is 0.473 e. The molecule has 0 spiro atoms. The van der Waals surface area contributed by atoms with E-state index in [0.29, 0.717) is 22.6 Å². The first-order valence-corrected chi connectivity index (χ1v) is 9.38. The number of aromatic amines is 1. The lowest BCUT2D eigenvalue weighted by Crippen LogP contribution is -2.26. The molecule has 0 saturated carbocycles. The van der Waals surface area contributed by atoms with E-state index in [4.69, 9.17) is 10.5 Å². The fraction of sp³-hybridized carbons (Fsp3) is 0.375. The number of amides is 1. The van der Waals surface area contributed by atoms with Crippen LogP contribution in [0.2, 0.25) is 0 Å². The molecule has 1 amide bonds. The summed E-state index contributed by atoms with van der Waals surface area (Å²) in [6, 6.07) is 0. The van der Waals surface area contributed by atoms with Gasteiger partial charge in [-0.1, -0.05) is 18.7 Å². The number of fused-ring (bicyclic) bond motifs is 1. The Kier molecular flexibility index (Phi) is 5.87. The van der Waals surface area contributed by atoms with Crippen LogP contribution in [0.5, 0.6) is 5.88 Å². The van der Waals surface area contributed by atoms with Gasteiger partial charge in [-0.15, -0.1) is 0 Å². The molecule has 1 atom stereocenters. The maximum atomic E-state index is 13.7. The zero-order valence-electron chi connectivity index (χ0n) is 15.4. The van der Waals surface area contributed by atoms with E-state index in [9.17, 15) is 9.18 Å². The third kappa shape index (κ3) is 4.44. The zero-order chi connectivity index (χ0) is 20.3. The van der Waals surface area contributed by atoms with Gasteiger partial charge >= 0.3 is 0 Å². The van der Waals surface area contributed by atoms with Crippen molar-refractivity contribution in [1.82, 2.24) is 29.9 Å². The second-order valence-electron chi connectivity index (χ2n) is 6.01. The Hall–Kier alpha value is -3.02. The van der Waals surface area contributed by atoms with Crippen molar-refractivity contribution in [3.63, 3.8) is 0 Å². The van der Waals surface area contributed by atoms with Crippen molar-refractivity contribution in [2.75, 3.05) is 11.1 Å². The van der Waals surface area contributed by atoms with E-state index < -0.39 is 11.1 Å². The van der Waals surface area contributed by atoms with Crippen LogP contribution in [0.3, 0.4) is 0 Å². The number of nitrogens with zero attached hydrogens (tertiary/aromatic N) is 5. The molecular formula is C16H19FN8O2S. The molecule has 28 heavy (non-hydrogen) atoms. The number of nitrogen functional groups attached to an aromatic ring is 1. The fourth-order valence-electron chi connectivity index (χ4n) is 2.27. The number of hydrogen-bond acceptors (Lipinski definition) is 9. The van der Waals surface area contributed by atoms with Crippen molar-refractivity contribution in [1.29, 1.82) is 0 Å². The first-order valence-electron chi connectivity index (χ1n) is 8.50. The van der Waals surface area contributed by atoms with Gasteiger partial charge in [-0.2, -0.15) is 14.4 Å². The van der Waals surface area contributed by atoms with Gasteiger partial charge in [-0.3, -0.25) is 10.1 Å². The fourth-order valence-corrected chi connectivity index (χ4v) is 3.29. The van der Waals surface area contributed by atoms with Crippen molar-refractivity contribution in [3.05, 3.63) is 18.3 Å². The molecule has 0 saturated heterocycles. The first-order chi connectivity index (χ1) is 13.4. The Morgan fingerprint density at radius 1 is 1.36 bits per heavy atom. The number of nitrogens with two attached hydrogens (primary N) is 1. The normalized spacial score (nSPS) is 12.3. The smallest absolute Gasteiger partial charge is 0.255 e. The summed E-state index contributed by atoms with van der Waals surface area (Å²) >= 11 is 1.21. The number of carbonyl (C=O) groups is 1. The van der Waals surface area contributed by atoms with Crippen LogP contribution in [0.1, 0.15) is 27.2 Å². The van der Waals surface area contributed by atoms with E-state index in [1.807, 2.05) is 6.92 Å². The predicted octanol–water partition coefficient (Wildman–Crippen LogP) is 2.16. The second-order valence-corrected chi connectivity index (χ2v) is 7.20. The minimum Gasteiger partial charge on any atom is -0.473 e. The van der Waals surface area contributed by atoms with Crippen LogP contribution in [0.15, 0.2) is 17.6 Å². The van der Waals surface area contributed by atoms with E-state index >= 15 is 0 Å². The molecule has 0 aliphatic rings. The Morgan fingerprint density at radius 2 is 2.14 bits per heavy atom. The number of halogens is 1. The third-order valence-corrected chi connectivity index (χ3v) is 4.83. The van der Waals surface area contributed by atoms with Gasteiger partial charge in [0.15, 0.2) is 5.65 Å². The zero-order valence-corrected chi connectivity index (χ0v) is 16.2. The van der Waals surface area contributed by atoms with Crippen LogP contribution in [0, 0.1) is 5.82 Å². The summed E-state index contributed by atoms with van der Waals surface area (Å²) < 4.78 is 19.0. The molecule has 12 heteroatoms. The van der Waals surface area contributed by atoms with Crippen LogP contribution < -0.4 is 15.8 Å². The highest BCUT2D eigenvalue weighted by molar-refractivity contribution is 8.00. The summed E-state index contributed by atoms with van der Waals surface area (Å²) in [6.07, 6.45) is 2.65. The SMILES string of the molecule is CC[C@@H](Sc1nc(N)nc2nc[nH]c12)C(=O)Nc1ncc(F)c(OC(C)C)n1. The van der Waals surface area contributed by atoms with Gasteiger partial charge in [0.1, 0.15) is 10.5 Å². The van der Waals surface area contributed by atoms with Crippen LogP contribution in [0.4, 0.5) is 16.3 Å². The van der Waals surface area contributed by atoms with E-state index in [1.54, 1.807) is 13.8 Å². The molecule has 0 radical (unpaired) electrons. The minimum absolute atomic E-state index is 0.0463. The van der Waals surface area contributed by atoms with E-state index in [0.717, 1.165) is 6.20 Å². The molecule has 0 unspecified atom stereocenters. The van der Waals surface area contributed by atoms with Gasteiger partial charge in [-0.25, -0.2) is 15.0 Å². The molecule has 10 nitrogen and oxygen atoms in total. The van der Waals surface area contributed by atoms with Gasteiger partial charge in [0, 0.05) is 0 Å². The molecule has 0 aliphatic heterocycles. The number of anilines is 2. The number of aromatic nitrogens is 6. The number of nitrogens with one attached hydrogen (secondary N) is 2. The lowest BCUT2D eigenvalue weighted by molar-refractivity contribution is -0.115. The molecule has 0 aliphatic carbocycles. The number of ether oxygens (including phenoxy) is 1. The summed E-state index contributed by atoms with van der Waals surface area (Å²) in [6.45, 7) is 5.34. The molecule has 148 valence electrons. The molecule has 0 fully saturated rings. The average molecular weight is 406 g/mol. The summed E-state index contributed by atoms with van der Waals surface area (Å²) in [4.78, 5) is 35.6. The number of carbonyl (C=O) groups excluding carboxylic acids is 1. The molecular weight excluding hydrogens is 387 g/mol. The highest BCUT2D eigenvalue weighted by Gasteiger charge is 2.23. The Bertz CT molecular complexity index is 996. The summed E-state index contributed by atoms with van der Waals surface area (Å²) in [5.74, 6) is -1.26. The van der Waals surface area contributed by atoms with Crippen molar-refractivity contribution in [2.24, 2.45) is 0 Å². The number of thioether (sulfide) groups is 1. The van der Waals surface area contributed by atoms with Crippen LogP contribution >= 0.6 is 11.8 Å². The maximum absolute atomic E-state index is 13.7. The van der Waals surface area contributed by atoms with Crippen LogP contribution in [-0.2, 0) is 4.79 Å². The lowest BCUT2D eigenvalue weighted by Gasteiger charge is -2.15. The number of imidazole rings is 1. The molecule has 0 aromatic carbocycles. The van der Waals surface area contributed by atoms with Crippen molar-refractivity contribution in [3.8, 4) is 5.88 Å². The highest BCUT2D eigenvalue weighted by atomic mass is 32.2. The van der Waals surface area contributed by atoms with E-state index in [1.165, 1.54) is 18.1 Å². The van der Waals surface area contributed by atoms with Gasteiger partial charge in [0.2, 0.25) is 23.6 Å². The van der Waals surface area contributed by atoms with E-state index in [2.05, 4.69) is 35.2 Å². The monoisotopic (exact) mass is 406 g/mol. The van der Waals surface area contributed by atoms with Gasteiger partial charge in [0.05, 0.1) is 23.9 Å². The van der Waals surface area contributed by atoms with Gasteiger partial charge in [0.25, 0.3) is 5.88 Å². The van der Waals surface area contributed by atoms with Gasteiger partial charge < -0.3 is 15.5 Å². The lowest BCUT2D eigenvalue weighted by atomic mass is 10.3. The molecule has 3 aromatic rings. The summed E-state index contributed by atoms with van der Waals surface area (Å²) in [5.41, 5.74) is 6.72. The molecule has 4 N–H and O–H groups in total. The molecule has 3 aromatic heterocycles. The van der Waals surface area contributed by atoms with E-state index in [-0.39, 0.29) is 29.8 Å². The number of rotatable bonds is 7. The topological polar surface area (TPSA) is 145 Å². The predicted molar refractivity (Wildman–Crippen MR) is 102 cm³/mol. The summed E-state index contributed by atoms with van der Waals surface area (Å²) in [5, 5.41) is 2.56. The van der Waals surface area contributed by atoms with Crippen molar-refractivity contribution in [2.45, 2.75) is 43.6 Å². The van der Waals surface area contributed by atoms with Crippen molar-refractivity contribution < 1.29 is 13.9 Å². The standard InChI is InChI=1S/C16H19FN8O2S/c1-4-9(28-14-10-11(21-6-20-10)22-15(18)25-14)12(26)23-16-19-5-8(17)13(24-16)27-7(2)3/h5-7,9H,4H2,1-3H3,(H,19,23,24,26)(H3,18,20,21,22,25)/t9-/m1/s1. The quantitative estimate of drug-likeness (QED) is 0.397. The molecule has 0 bridgehead atoms. The second kappa shape index (κ2) is 8.33. The summed E-state index contributed by atoms with van der Waals surface area (Å²) in [7, 11) is 0. The number of hydrogen-bond donors (Lipinski definition) is 3. The molecule has 3 heterocycles. The maximum Gasteiger partial charge on any atom is 0.255 e. The number of H-pyrrole nitrogens is 1. The Morgan fingerprint density at radius 3 is 2.86 bits per heavy atom.